The van der Waals surface area contributed by atoms with Crippen molar-refractivity contribution in [1.82, 2.24) is 5.32 Å². The number of hydrogen-bond acceptors (Lipinski definition) is 4. The van der Waals surface area contributed by atoms with Crippen molar-refractivity contribution < 1.29 is 14.1 Å². The third kappa shape index (κ3) is 6.16. The zero-order chi connectivity index (χ0) is 18.9. The van der Waals surface area contributed by atoms with E-state index in [0.717, 1.165) is 0 Å². The van der Waals surface area contributed by atoms with Crippen molar-refractivity contribution in [3.8, 4) is 0 Å². The van der Waals surface area contributed by atoms with Crippen LogP contribution in [-0.2, 0) is 10.5 Å². The number of thioether (sulfide) groups is 1. The van der Waals surface area contributed by atoms with Crippen LogP contribution in [0.2, 0.25) is 5.02 Å². The molecule has 2 rings (SSSR count). The van der Waals surface area contributed by atoms with Gasteiger partial charge in [0.25, 0.3) is 5.69 Å². The fraction of sp³-hybridized carbons (Fsp3) is 0.167. The molecule has 1 N–H and O–H groups in total. The van der Waals surface area contributed by atoms with E-state index < -0.39 is 4.92 Å². The van der Waals surface area contributed by atoms with E-state index in [1.807, 2.05) is 0 Å². The van der Waals surface area contributed by atoms with Gasteiger partial charge in [-0.3, -0.25) is 14.9 Å². The lowest BCUT2D eigenvalue weighted by Crippen LogP contribution is -2.23. The topological polar surface area (TPSA) is 72.2 Å². The zero-order valence-electron chi connectivity index (χ0n) is 13.7. The molecule has 0 bridgehead atoms. The van der Waals surface area contributed by atoms with Gasteiger partial charge >= 0.3 is 0 Å². The Hall–Kier alpha value is -2.38. The minimum Gasteiger partial charge on any atom is -0.352 e. The SMILES string of the molecule is O=C(/C=C/c1cccc([N+](=O)[O-])c1)NCCSCc1c(F)cccc1Cl. The number of carbonyl (C=O) groups excluding carboxylic acids is 1. The molecule has 136 valence electrons. The molecule has 8 heteroatoms. The molecule has 0 saturated carbocycles. The molecule has 0 aliphatic rings. The summed E-state index contributed by atoms with van der Waals surface area (Å²) >= 11 is 7.41. The van der Waals surface area contributed by atoms with Gasteiger partial charge in [0.15, 0.2) is 0 Å². The highest BCUT2D eigenvalue weighted by atomic mass is 35.5. The third-order valence-corrected chi connectivity index (χ3v) is 4.70. The zero-order valence-corrected chi connectivity index (χ0v) is 15.2. The molecule has 0 saturated heterocycles. The van der Waals surface area contributed by atoms with Crippen molar-refractivity contribution in [1.29, 1.82) is 0 Å². The largest absolute Gasteiger partial charge is 0.352 e. The molecule has 5 nitrogen and oxygen atoms in total. The van der Waals surface area contributed by atoms with Gasteiger partial charge in [-0.25, -0.2) is 4.39 Å². The van der Waals surface area contributed by atoms with Crippen molar-refractivity contribution >= 4 is 41.0 Å². The highest BCUT2D eigenvalue weighted by Gasteiger charge is 2.07. The summed E-state index contributed by atoms with van der Waals surface area (Å²) in [4.78, 5) is 22.0. The average Bonchev–Trinajstić information content (AvgIpc) is 2.62. The number of hydrogen-bond donors (Lipinski definition) is 1. The van der Waals surface area contributed by atoms with Gasteiger partial charge < -0.3 is 5.32 Å². The smallest absolute Gasteiger partial charge is 0.270 e. The minimum absolute atomic E-state index is 0.0317. The van der Waals surface area contributed by atoms with Crippen LogP contribution in [0.25, 0.3) is 6.08 Å². The Bertz CT molecular complexity index is 810. The summed E-state index contributed by atoms with van der Waals surface area (Å²) in [5.74, 6) is 0.376. The molecule has 0 aliphatic carbocycles. The Labute approximate surface area is 159 Å². The van der Waals surface area contributed by atoms with Crippen molar-refractivity contribution in [2.24, 2.45) is 0 Å². The maximum absolute atomic E-state index is 13.6. The van der Waals surface area contributed by atoms with Gasteiger partial charge in [-0.05, 0) is 23.8 Å². The number of nitro benzene ring substituents is 1. The van der Waals surface area contributed by atoms with Gasteiger partial charge in [-0.15, -0.1) is 0 Å². The molecule has 0 fully saturated rings. The number of carbonyl (C=O) groups is 1. The molecule has 0 aliphatic heterocycles. The van der Waals surface area contributed by atoms with E-state index in [1.54, 1.807) is 24.3 Å². The molecular weight excluding hydrogens is 379 g/mol. The number of benzene rings is 2. The van der Waals surface area contributed by atoms with E-state index in [9.17, 15) is 19.3 Å². The molecule has 0 atom stereocenters. The Morgan fingerprint density at radius 2 is 2.08 bits per heavy atom. The summed E-state index contributed by atoms with van der Waals surface area (Å²) in [6.07, 6.45) is 2.83. The van der Waals surface area contributed by atoms with Gasteiger partial charge in [-0.1, -0.05) is 29.8 Å². The van der Waals surface area contributed by atoms with Crippen LogP contribution in [0.5, 0.6) is 0 Å². The van der Waals surface area contributed by atoms with Gasteiger partial charge in [0.1, 0.15) is 5.82 Å². The van der Waals surface area contributed by atoms with Crippen LogP contribution < -0.4 is 5.32 Å². The van der Waals surface area contributed by atoms with Gasteiger partial charge in [0.05, 0.1) is 4.92 Å². The number of non-ortho nitro benzene ring substituents is 1. The second-order valence-corrected chi connectivity index (χ2v) is 6.74. The fourth-order valence-electron chi connectivity index (χ4n) is 2.06. The summed E-state index contributed by atoms with van der Waals surface area (Å²) in [6, 6.07) is 10.6. The molecule has 0 aromatic heterocycles. The Balaban J connectivity index is 1.74. The standard InChI is InChI=1S/C18H16ClFN2O3S/c19-16-5-2-6-17(20)15(16)12-26-10-9-21-18(23)8-7-13-3-1-4-14(11-13)22(24)25/h1-8,11H,9-10,12H2,(H,21,23)/b8-7+. The Morgan fingerprint density at radius 1 is 1.31 bits per heavy atom. The van der Waals surface area contributed by atoms with E-state index in [-0.39, 0.29) is 17.4 Å². The number of nitro groups is 1. The molecule has 0 heterocycles. The molecule has 0 unspecified atom stereocenters. The maximum Gasteiger partial charge on any atom is 0.270 e. The van der Waals surface area contributed by atoms with Crippen LogP contribution in [0.3, 0.4) is 0 Å². The van der Waals surface area contributed by atoms with Crippen molar-refractivity contribution in [3.63, 3.8) is 0 Å². The average molecular weight is 395 g/mol. The van der Waals surface area contributed by atoms with Gasteiger partial charge in [-0.2, -0.15) is 11.8 Å². The predicted molar refractivity (Wildman–Crippen MR) is 103 cm³/mol. The lowest BCUT2D eigenvalue weighted by atomic mass is 10.2. The van der Waals surface area contributed by atoms with Crippen LogP contribution in [0.15, 0.2) is 48.5 Å². The minimum atomic E-state index is -0.490. The summed E-state index contributed by atoms with van der Waals surface area (Å²) < 4.78 is 13.6. The van der Waals surface area contributed by atoms with E-state index in [0.29, 0.717) is 34.2 Å². The second-order valence-electron chi connectivity index (χ2n) is 5.23. The summed E-state index contributed by atoms with van der Waals surface area (Å²) in [6.45, 7) is 0.412. The van der Waals surface area contributed by atoms with E-state index in [2.05, 4.69) is 5.32 Å². The number of nitrogens with zero attached hydrogens (tertiary/aromatic N) is 1. The van der Waals surface area contributed by atoms with Crippen molar-refractivity contribution in [3.05, 3.63) is 80.6 Å². The summed E-state index contributed by atoms with van der Waals surface area (Å²) in [7, 11) is 0. The van der Waals surface area contributed by atoms with E-state index in [4.69, 9.17) is 11.6 Å². The van der Waals surface area contributed by atoms with Gasteiger partial charge in [0.2, 0.25) is 5.91 Å². The molecule has 0 spiro atoms. The van der Waals surface area contributed by atoms with Crippen LogP contribution in [0, 0.1) is 15.9 Å². The quantitative estimate of drug-likeness (QED) is 0.311. The first-order valence-electron chi connectivity index (χ1n) is 7.68. The Morgan fingerprint density at radius 3 is 2.81 bits per heavy atom. The molecule has 26 heavy (non-hydrogen) atoms. The highest BCUT2D eigenvalue weighted by Crippen LogP contribution is 2.23. The highest BCUT2D eigenvalue weighted by molar-refractivity contribution is 7.98. The molecule has 2 aromatic carbocycles. The normalized spacial score (nSPS) is 10.8. The third-order valence-electron chi connectivity index (χ3n) is 3.36. The lowest BCUT2D eigenvalue weighted by molar-refractivity contribution is -0.384. The van der Waals surface area contributed by atoms with Crippen LogP contribution >= 0.6 is 23.4 Å². The summed E-state index contributed by atoms with van der Waals surface area (Å²) in [5.41, 5.74) is 0.991. The first-order valence-corrected chi connectivity index (χ1v) is 9.21. The Kier molecular flexibility index (Phi) is 7.62. The fourth-order valence-corrected chi connectivity index (χ4v) is 3.26. The second kappa shape index (κ2) is 9.94. The number of halogens is 2. The van der Waals surface area contributed by atoms with Crippen LogP contribution in [0.1, 0.15) is 11.1 Å². The summed E-state index contributed by atoms with van der Waals surface area (Å²) in [5, 5.41) is 13.8. The van der Waals surface area contributed by atoms with Gasteiger partial charge in [0, 0.05) is 46.8 Å². The number of nitrogens with one attached hydrogen (secondary N) is 1. The number of rotatable bonds is 8. The van der Waals surface area contributed by atoms with E-state index in [1.165, 1.54) is 42.1 Å². The molecular formula is C18H16ClFN2O3S. The number of amides is 1. The van der Waals surface area contributed by atoms with Crippen molar-refractivity contribution in [2.75, 3.05) is 12.3 Å². The molecule has 2 aromatic rings. The van der Waals surface area contributed by atoms with Crippen LogP contribution in [0.4, 0.5) is 10.1 Å². The van der Waals surface area contributed by atoms with Crippen LogP contribution in [-0.4, -0.2) is 23.1 Å². The first kappa shape index (κ1) is 19.9. The first-order chi connectivity index (χ1) is 12.5. The molecule has 0 radical (unpaired) electrons. The van der Waals surface area contributed by atoms with E-state index >= 15 is 0 Å². The lowest BCUT2D eigenvalue weighted by Gasteiger charge is -2.06. The predicted octanol–water partition coefficient (Wildman–Crippen LogP) is 4.45. The molecule has 1 amide bonds. The maximum atomic E-state index is 13.6. The monoisotopic (exact) mass is 394 g/mol. The van der Waals surface area contributed by atoms with Crippen molar-refractivity contribution in [2.45, 2.75) is 5.75 Å².